The van der Waals surface area contributed by atoms with Gasteiger partial charge in [-0.15, -0.1) is 0 Å². The number of halogens is 1. The van der Waals surface area contributed by atoms with Crippen molar-refractivity contribution in [3.8, 4) is 0 Å². The molecule has 0 unspecified atom stereocenters. The Balaban J connectivity index is 1.61. The van der Waals surface area contributed by atoms with E-state index >= 15 is 0 Å². The number of aryl methyl sites for hydroxylation is 2. The van der Waals surface area contributed by atoms with Crippen LogP contribution in [0.1, 0.15) is 52.6 Å². The number of aromatic nitrogens is 1. The lowest BCUT2D eigenvalue weighted by Crippen LogP contribution is -2.29. The number of benzene rings is 2. The average molecular weight is 405 g/mol. The standard InChI is InChI=1S/C24H21ClN2O2/c1-13-3-5-16(6-4-13)22-21-14(2)27-29-24(21)26-19-11-17(12-20(28)23(19)22)15-7-9-18(25)10-8-15/h3-10,17,22,26H,11-12H2,1-2H3/t17-,22-/m0/s1. The van der Waals surface area contributed by atoms with E-state index in [9.17, 15) is 4.79 Å². The Hall–Kier alpha value is -2.85. The first-order chi connectivity index (χ1) is 14.0. The summed E-state index contributed by atoms with van der Waals surface area (Å²) in [7, 11) is 0. The molecule has 4 nitrogen and oxygen atoms in total. The van der Waals surface area contributed by atoms with E-state index in [1.807, 2.05) is 31.2 Å². The van der Waals surface area contributed by atoms with Gasteiger partial charge in [0.25, 0.3) is 0 Å². The zero-order chi connectivity index (χ0) is 20.1. The van der Waals surface area contributed by atoms with Crippen LogP contribution in [0.4, 0.5) is 5.88 Å². The van der Waals surface area contributed by atoms with E-state index in [0.29, 0.717) is 17.3 Å². The Morgan fingerprint density at radius 1 is 1.00 bits per heavy atom. The predicted molar refractivity (Wildman–Crippen MR) is 113 cm³/mol. The third-order valence-electron chi connectivity index (χ3n) is 6.01. The second-order valence-corrected chi connectivity index (χ2v) is 8.39. The van der Waals surface area contributed by atoms with E-state index < -0.39 is 0 Å². The number of carbonyl (C=O) groups is 1. The van der Waals surface area contributed by atoms with Crippen molar-refractivity contribution in [2.45, 2.75) is 38.5 Å². The highest BCUT2D eigenvalue weighted by Gasteiger charge is 2.41. The van der Waals surface area contributed by atoms with Crippen LogP contribution in [0.2, 0.25) is 5.02 Å². The van der Waals surface area contributed by atoms with Gasteiger partial charge in [-0.05, 0) is 49.4 Å². The van der Waals surface area contributed by atoms with E-state index in [2.05, 4.69) is 41.7 Å². The SMILES string of the molecule is Cc1ccc([C@@H]2C3=C(C[C@H](c4ccc(Cl)cc4)CC3=O)Nc3onc(C)c32)cc1. The van der Waals surface area contributed by atoms with Gasteiger partial charge in [0.15, 0.2) is 5.78 Å². The van der Waals surface area contributed by atoms with Crippen molar-refractivity contribution in [2.24, 2.45) is 0 Å². The van der Waals surface area contributed by atoms with Gasteiger partial charge < -0.3 is 9.84 Å². The average Bonchev–Trinajstić information content (AvgIpc) is 3.08. The number of Topliss-reactive ketones (excluding diaryl/α,β-unsaturated/α-hetero) is 1. The summed E-state index contributed by atoms with van der Waals surface area (Å²) >= 11 is 6.04. The molecule has 2 aliphatic rings. The lowest BCUT2D eigenvalue weighted by atomic mass is 9.72. The number of fused-ring (bicyclic) bond motifs is 1. The van der Waals surface area contributed by atoms with Crippen LogP contribution < -0.4 is 5.32 Å². The molecule has 2 aromatic carbocycles. The number of anilines is 1. The summed E-state index contributed by atoms with van der Waals surface area (Å²) in [5.74, 6) is 0.800. The minimum atomic E-state index is -0.147. The first-order valence-corrected chi connectivity index (χ1v) is 10.2. The fraction of sp³-hybridized carbons (Fsp3) is 0.250. The molecular weight excluding hydrogens is 384 g/mol. The maximum absolute atomic E-state index is 13.4. The zero-order valence-electron chi connectivity index (χ0n) is 16.3. The van der Waals surface area contributed by atoms with Crippen LogP contribution in [0.3, 0.4) is 0 Å². The number of carbonyl (C=O) groups excluding carboxylic acids is 1. The van der Waals surface area contributed by atoms with Crippen molar-refractivity contribution in [3.63, 3.8) is 0 Å². The molecule has 5 rings (SSSR count). The third kappa shape index (κ3) is 3.08. The summed E-state index contributed by atoms with van der Waals surface area (Å²) < 4.78 is 5.58. The summed E-state index contributed by atoms with van der Waals surface area (Å²) in [4.78, 5) is 13.4. The minimum Gasteiger partial charge on any atom is -0.338 e. The molecule has 1 aromatic heterocycles. The van der Waals surface area contributed by atoms with Gasteiger partial charge in [0.1, 0.15) is 0 Å². The Kier molecular flexibility index (Phi) is 4.32. The normalized spacial score (nSPS) is 20.9. The Bertz CT molecular complexity index is 1130. The van der Waals surface area contributed by atoms with Gasteiger partial charge in [0.05, 0.1) is 11.3 Å². The number of allylic oxidation sites excluding steroid dienone is 2. The smallest absolute Gasteiger partial charge is 0.233 e. The second kappa shape index (κ2) is 6.89. The van der Waals surface area contributed by atoms with Gasteiger partial charge >= 0.3 is 0 Å². The zero-order valence-corrected chi connectivity index (χ0v) is 17.1. The van der Waals surface area contributed by atoms with Crippen molar-refractivity contribution in [2.75, 3.05) is 5.32 Å². The number of hydrogen-bond acceptors (Lipinski definition) is 4. The fourth-order valence-electron chi connectivity index (χ4n) is 4.54. The predicted octanol–water partition coefficient (Wildman–Crippen LogP) is 5.90. The highest BCUT2D eigenvalue weighted by Crippen LogP contribution is 2.49. The molecule has 1 aliphatic carbocycles. The maximum atomic E-state index is 13.4. The van der Waals surface area contributed by atoms with E-state index in [1.54, 1.807) is 0 Å². The number of nitrogens with one attached hydrogen (secondary N) is 1. The molecule has 5 heteroatoms. The van der Waals surface area contributed by atoms with Gasteiger partial charge in [-0.1, -0.05) is 58.7 Å². The van der Waals surface area contributed by atoms with Crippen molar-refractivity contribution in [3.05, 3.63) is 92.8 Å². The first kappa shape index (κ1) is 18.2. The Labute approximate surface area is 174 Å². The molecule has 3 aromatic rings. The molecule has 1 aliphatic heterocycles. The monoisotopic (exact) mass is 404 g/mol. The summed E-state index contributed by atoms with van der Waals surface area (Å²) in [6.45, 7) is 4.00. The number of ketones is 1. The highest BCUT2D eigenvalue weighted by atomic mass is 35.5. The molecule has 0 bridgehead atoms. The van der Waals surface area contributed by atoms with Crippen molar-refractivity contribution >= 4 is 23.3 Å². The summed E-state index contributed by atoms with van der Waals surface area (Å²) in [5.41, 5.74) is 6.98. The largest absolute Gasteiger partial charge is 0.338 e. The Morgan fingerprint density at radius 2 is 1.69 bits per heavy atom. The van der Waals surface area contributed by atoms with Crippen LogP contribution in [0.5, 0.6) is 0 Å². The third-order valence-corrected chi connectivity index (χ3v) is 6.26. The summed E-state index contributed by atoms with van der Waals surface area (Å²) in [6, 6.07) is 16.2. The van der Waals surface area contributed by atoms with Crippen molar-refractivity contribution in [1.29, 1.82) is 0 Å². The van der Waals surface area contributed by atoms with Crippen LogP contribution >= 0.6 is 11.6 Å². The molecule has 29 heavy (non-hydrogen) atoms. The van der Waals surface area contributed by atoms with E-state index in [-0.39, 0.29) is 17.6 Å². The molecule has 146 valence electrons. The molecule has 2 heterocycles. The van der Waals surface area contributed by atoms with E-state index in [1.165, 1.54) is 5.56 Å². The minimum absolute atomic E-state index is 0.121. The fourth-order valence-corrected chi connectivity index (χ4v) is 4.66. The van der Waals surface area contributed by atoms with Crippen LogP contribution in [0, 0.1) is 13.8 Å². The summed E-state index contributed by atoms with van der Waals surface area (Å²) in [5, 5.41) is 8.25. The maximum Gasteiger partial charge on any atom is 0.233 e. The topological polar surface area (TPSA) is 55.1 Å². The van der Waals surface area contributed by atoms with Crippen LogP contribution in [0.15, 0.2) is 64.3 Å². The van der Waals surface area contributed by atoms with E-state index in [4.69, 9.17) is 16.1 Å². The second-order valence-electron chi connectivity index (χ2n) is 7.95. The van der Waals surface area contributed by atoms with Crippen LogP contribution in [0.25, 0.3) is 0 Å². The van der Waals surface area contributed by atoms with Gasteiger partial charge in [-0.2, -0.15) is 0 Å². The molecular formula is C24H21ClN2O2. The number of nitrogens with zero attached hydrogens (tertiary/aromatic N) is 1. The molecule has 0 saturated heterocycles. The molecule has 0 saturated carbocycles. The number of rotatable bonds is 2. The van der Waals surface area contributed by atoms with Gasteiger partial charge in [0.2, 0.25) is 5.88 Å². The molecule has 0 spiro atoms. The molecule has 1 N–H and O–H groups in total. The quantitative estimate of drug-likeness (QED) is 0.577. The number of hydrogen-bond donors (Lipinski definition) is 1. The Morgan fingerprint density at radius 3 is 2.41 bits per heavy atom. The molecule has 0 fully saturated rings. The van der Waals surface area contributed by atoms with Gasteiger partial charge in [-0.25, -0.2) is 0 Å². The molecule has 0 radical (unpaired) electrons. The molecule has 0 amide bonds. The van der Waals surface area contributed by atoms with Gasteiger partial charge in [0, 0.05) is 28.6 Å². The lowest BCUT2D eigenvalue weighted by Gasteiger charge is -2.34. The van der Waals surface area contributed by atoms with Crippen LogP contribution in [-0.2, 0) is 4.79 Å². The summed E-state index contributed by atoms with van der Waals surface area (Å²) in [6.07, 6.45) is 1.24. The highest BCUT2D eigenvalue weighted by molar-refractivity contribution is 6.30. The lowest BCUT2D eigenvalue weighted by molar-refractivity contribution is -0.116. The first-order valence-electron chi connectivity index (χ1n) is 9.82. The van der Waals surface area contributed by atoms with Gasteiger partial charge in [-0.3, -0.25) is 4.79 Å². The molecule has 2 atom stereocenters. The van der Waals surface area contributed by atoms with E-state index in [0.717, 1.165) is 40.1 Å². The van der Waals surface area contributed by atoms with Crippen molar-refractivity contribution in [1.82, 2.24) is 5.16 Å². The van der Waals surface area contributed by atoms with Crippen LogP contribution in [-0.4, -0.2) is 10.9 Å². The van der Waals surface area contributed by atoms with Crippen molar-refractivity contribution < 1.29 is 9.32 Å².